The van der Waals surface area contributed by atoms with Crippen LogP contribution in [0.15, 0.2) is 6.20 Å². The molecule has 0 radical (unpaired) electrons. The van der Waals surface area contributed by atoms with E-state index in [9.17, 15) is 0 Å². The molecule has 1 N–H and O–H groups in total. The fraction of sp³-hybridized carbons (Fsp3) is 0.750. The van der Waals surface area contributed by atoms with Gasteiger partial charge in [0.2, 0.25) is 0 Å². The van der Waals surface area contributed by atoms with Crippen molar-refractivity contribution in [1.29, 1.82) is 0 Å². The van der Waals surface area contributed by atoms with Crippen LogP contribution < -0.4 is 5.32 Å². The third kappa shape index (κ3) is 3.27. The first kappa shape index (κ1) is 12.0. The Morgan fingerprint density at radius 1 is 1.69 bits per heavy atom. The maximum absolute atomic E-state index is 5.38. The van der Waals surface area contributed by atoms with Crippen molar-refractivity contribution in [1.82, 2.24) is 10.3 Å². The van der Waals surface area contributed by atoms with Crippen molar-refractivity contribution in [2.24, 2.45) is 5.92 Å². The highest BCUT2D eigenvalue weighted by Gasteiger charge is 2.17. The zero-order valence-electron chi connectivity index (χ0n) is 10.0. The van der Waals surface area contributed by atoms with E-state index >= 15 is 0 Å². The zero-order chi connectivity index (χ0) is 11.4. The van der Waals surface area contributed by atoms with E-state index in [2.05, 4.69) is 17.2 Å². The molecule has 1 aliphatic rings. The Labute approximate surface area is 101 Å². The van der Waals surface area contributed by atoms with Gasteiger partial charge in [0, 0.05) is 36.8 Å². The van der Waals surface area contributed by atoms with Crippen LogP contribution in [-0.4, -0.2) is 31.3 Å². The van der Waals surface area contributed by atoms with Crippen LogP contribution >= 0.6 is 11.3 Å². The fourth-order valence-corrected chi connectivity index (χ4v) is 3.10. The maximum Gasteiger partial charge on any atom is 0.0931 e. The molecule has 0 spiro atoms. The highest BCUT2D eigenvalue weighted by atomic mass is 32.1. The Kier molecular flexibility index (Phi) is 4.32. The molecule has 0 amide bonds. The number of rotatable bonds is 5. The second-order valence-electron chi connectivity index (χ2n) is 4.55. The molecule has 2 rings (SSSR count). The summed E-state index contributed by atoms with van der Waals surface area (Å²) in [5, 5.41) is 4.53. The van der Waals surface area contributed by atoms with Crippen LogP contribution in [0.4, 0.5) is 0 Å². The van der Waals surface area contributed by atoms with Gasteiger partial charge in [-0.1, -0.05) is 0 Å². The Hall–Kier alpha value is -0.450. The van der Waals surface area contributed by atoms with E-state index in [1.807, 2.05) is 24.6 Å². The Morgan fingerprint density at radius 3 is 3.25 bits per heavy atom. The Balaban J connectivity index is 1.86. The Morgan fingerprint density at radius 2 is 2.56 bits per heavy atom. The number of nitrogens with zero attached hydrogens (tertiary/aromatic N) is 1. The van der Waals surface area contributed by atoms with Gasteiger partial charge in [-0.2, -0.15) is 0 Å². The van der Waals surface area contributed by atoms with Gasteiger partial charge in [0.05, 0.1) is 5.01 Å². The van der Waals surface area contributed by atoms with Crippen molar-refractivity contribution in [3.8, 4) is 0 Å². The van der Waals surface area contributed by atoms with Crippen LogP contribution in [0.2, 0.25) is 0 Å². The quantitative estimate of drug-likeness (QED) is 0.853. The number of ether oxygens (including phenoxy) is 1. The zero-order valence-corrected chi connectivity index (χ0v) is 10.8. The molecule has 0 bridgehead atoms. The van der Waals surface area contributed by atoms with Crippen LogP contribution in [0.3, 0.4) is 0 Å². The second kappa shape index (κ2) is 5.75. The van der Waals surface area contributed by atoms with Gasteiger partial charge >= 0.3 is 0 Å². The Bertz CT molecular complexity index is 321. The monoisotopic (exact) mass is 240 g/mol. The summed E-state index contributed by atoms with van der Waals surface area (Å²) in [7, 11) is 2.00. The third-order valence-electron chi connectivity index (χ3n) is 3.09. The first-order valence-electron chi connectivity index (χ1n) is 5.96. The topological polar surface area (TPSA) is 34.2 Å². The highest BCUT2D eigenvalue weighted by molar-refractivity contribution is 7.11. The average molecular weight is 240 g/mol. The van der Waals surface area contributed by atoms with E-state index in [0.717, 1.165) is 26.1 Å². The lowest BCUT2D eigenvalue weighted by Gasteiger charge is -2.06. The van der Waals surface area contributed by atoms with Crippen LogP contribution in [0.1, 0.15) is 23.2 Å². The van der Waals surface area contributed by atoms with Gasteiger partial charge in [0.15, 0.2) is 0 Å². The molecule has 0 aromatic carbocycles. The number of hydrogen-bond acceptors (Lipinski definition) is 4. The standard InChI is InChI=1S/C12H20N2OS/c1-9(13-2)5-11-7-14-12(16-11)6-10-3-4-15-8-10/h7,9-10,13H,3-6,8H2,1-2H3. The van der Waals surface area contributed by atoms with E-state index in [1.54, 1.807) is 0 Å². The summed E-state index contributed by atoms with van der Waals surface area (Å²) in [5.74, 6) is 0.695. The first-order chi connectivity index (χ1) is 7.78. The van der Waals surface area contributed by atoms with Gasteiger partial charge in [-0.15, -0.1) is 11.3 Å². The van der Waals surface area contributed by atoms with Crippen molar-refractivity contribution in [3.63, 3.8) is 0 Å². The second-order valence-corrected chi connectivity index (χ2v) is 5.75. The van der Waals surface area contributed by atoms with Crippen LogP contribution in [0.25, 0.3) is 0 Å². The third-order valence-corrected chi connectivity index (χ3v) is 4.13. The number of aromatic nitrogens is 1. The van der Waals surface area contributed by atoms with E-state index in [1.165, 1.54) is 16.3 Å². The molecular formula is C12H20N2OS. The number of hydrogen-bond donors (Lipinski definition) is 1. The fourth-order valence-electron chi connectivity index (χ4n) is 1.93. The smallest absolute Gasteiger partial charge is 0.0931 e. The number of likely N-dealkylation sites (N-methyl/N-ethyl adjacent to an activating group) is 1. The summed E-state index contributed by atoms with van der Waals surface area (Å²) in [5.41, 5.74) is 0. The molecule has 90 valence electrons. The largest absolute Gasteiger partial charge is 0.381 e. The molecule has 2 atom stereocenters. The summed E-state index contributed by atoms with van der Waals surface area (Å²) in [6, 6.07) is 0.531. The first-order valence-corrected chi connectivity index (χ1v) is 6.78. The number of nitrogens with one attached hydrogen (secondary N) is 1. The summed E-state index contributed by atoms with van der Waals surface area (Å²) >= 11 is 1.86. The van der Waals surface area contributed by atoms with Crippen LogP contribution in [0.5, 0.6) is 0 Å². The van der Waals surface area contributed by atoms with Gasteiger partial charge in [-0.05, 0) is 32.7 Å². The van der Waals surface area contributed by atoms with Gasteiger partial charge < -0.3 is 10.1 Å². The molecule has 3 nitrogen and oxygen atoms in total. The minimum Gasteiger partial charge on any atom is -0.381 e. The van der Waals surface area contributed by atoms with Gasteiger partial charge in [-0.25, -0.2) is 4.98 Å². The molecule has 16 heavy (non-hydrogen) atoms. The molecule has 1 aromatic rings. The lowest BCUT2D eigenvalue weighted by Crippen LogP contribution is -2.22. The van der Waals surface area contributed by atoms with E-state index in [0.29, 0.717) is 12.0 Å². The molecule has 0 saturated carbocycles. The van der Waals surface area contributed by atoms with Crippen LogP contribution in [0, 0.1) is 5.92 Å². The summed E-state index contributed by atoms with van der Waals surface area (Å²) in [6.45, 7) is 4.05. The normalized spacial score (nSPS) is 22.5. The minimum atomic E-state index is 0.531. The van der Waals surface area contributed by atoms with Gasteiger partial charge in [0.1, 0.15) is 0 Å². The number of thiazole rings is 1. The van der Waals surface area contributed by atoms with E-state index in [4.69, 9.17) is 4.74 Å². The lowest BCUT2D eigenvalue weighted by atomic mass is 10.1. The molecule has 1 aromatic heterocycles. The minimum absolute atomic E-state index is 0.531. The molecule has 4 heteroatoms. The van der Waals surface area contributed by atoms with Crippen molar-refractivity contribution >= 4 is 11.3 Å². The van der Waals surface area contributed by atoms with Crippen molar-refractivity contribution in [3.05, 3.63) is 16.1 Å². The summed E-state index contributed by atoms with van der Waals surface area (Å²) in [4.78, 5) is 5.89. The van der Waals surface area contributed by atoms with Crippen molar-refractivity contribution < 1.29 is 4.74 Å². The molecule has 1 fully saturated rings. The van der Waals surface area contributed by atoms with Crippen LogP contribution in [-0.2, 0) is 17.6 Å². The summed E-state index contributed by atoms with van der Waals surface area (Å²) in [6.07, 6.45) is 5.40. The van der Waals surface area contributed by atoms with E-state index < -0.39 is 0 Å². The molecule has 0 aliphatic carbocycles. The highest BCUT2D eigenvalue weighted by Crippen LogP contribution is 2.22. The van der Waals surface area contributed by atoms with Gasteiger partial charge in [0.25, 0.3) is 0 Å². The average Bonchev–Trinajstić information content (AvgIpc) is 2.91. The SMILES string of the molecule is CNC(C)Cc1cnc(CC2CCOC2)s1. The maximum atomic E-state index is 5.38. The van der Waals surface area contributed by atoms with Crippen molar-refractivity contribution in [2.75, 3.05) is 20.3 Å². The molecule has 1 aliphatic heterocycles. The predicted molar refractivity (Wildman–Crippen MR) is 67.0 cm³/mol. The van der Waals surface area contributed by atoms with Gasteiger partial charge in [-0.3, -0.25) is 0 Å². The summed E-state index contributed by atoms with van der Waals surface area (Å²) < 4.78 is 5.38. The van der Waals surface area contributed by atoms with E-state index in [-0.39, 0.29) is 0 Å². The molecule has 2 unspecified atom stereocenters. The molecular weight excluding hydrogens is 220 g/mol. The lowest BCUT2D eigenvalue weighted by molar-refractivity contribution is 0.186. The molecule has 2 heterocycles. The van der Waals surface area contributed by atoms with Crippen molar-refractivity contribution in [2.45, 2.75) is 32.2 Å². The predicted octanol–water partition coefficient (Wildman–Crippen LogP) is 1.87. The molecule has 1 saturated heterocycles.